The van der Waals surface area contributed by atoms with E-state index in [1.54, 1.807) is 0 Å². The second-order valence-electron chi connectivity index (χ2n) is 19.5. The first-order valence-electron chi connectivity index (χ1n) is 29.4. The molecule has 0 rings (SSSR count). The lowest BCUT2D eigenvalue weighted by Gasteiger charge is -2.18. The van der Waals surface area contributed by atoms with Crippen LogP contribution in [0.4, 0.5) is 0 Å². The van der Waals surface area contributed by atoms with Gasteiger partial charge in [-0.3, -0.25) is 14.4 Å². The third kappa shape index (κ3) is 55.6. The molecule has 0 aliphatic carbocycles. The van der Waals surface area contributed by atoms with Crippen molar-refractivity contribution in [2.75, 3.05) is 13.2 Å². The minimum absolute atomic E-state index is 0.0837. The van der Waals surface area contributed by atoms with Gasteiger partial charge in [-0.2, -0.15) is 0 Å². The Morgan fingerprint density at radius 2 is 0.565 bits per heavy atom. The van der Waals surface area contributed by atoms with Crippen molar-refractivity contribution >= 4 is 17.9 Å². The Hall–Kier alpha value is -3.15. The van der Waals surface area contributed by atoms with Crippen LogP contribution < -0.4 is 0 Å². The van der Waals surface area contributed by atoms with Gasteiger partial charge in [0.05, 0.1) is 0 Å². The molecule has 0 aromatic rings. The molecule has 398 valence electrons. The monoisotopic (exact) mass is 963 g/mol. The van der Waals surface area contributed by atoms with Crippen LogP contribution in [0.3, 0.4) is 0 Å². The van der Waals surface area contributed by atoms with Crippen molar-refractivity contribution in [2.24, 2.45) is 0 Å². The van der Waals surface area contributed by atoms with Gasteiger partial charge in [0.1, 0.15) is 13.2 Å². The Morgan fingerprint density at radius 1 is 0.304 bits per heavy atom. The molecule has 0 heterocycles. The van der Waals surface area contributed by atoms with E-state index >= 15 is 0 Å². The topological polar surface area (TPSA) is 78.9 Å². The zero-order valence-corrected chi connectivity index (χ0v) is 45.6. The summed E-state index contributed by atoms with van der Waals surface area (Å²) in [7, 11) is 0. The van der Waals surface area contributed by atoms with Gasteiger partial charge in [0.15, 0.2) is 6.10 Å². The maximum atomic E-state index is 12.9. The first-order valence-corrected chi connectivity index (χ1v) is 29.4. The maximum absolute atomic E-state index is 12.9. The molecule has 6 heteroatoms. The van der Waals surface area contributed by atoms with E-state index in [4.69, 9.17) is 14.2 Å². The van der Waals surface area contributed by atoms with Gasteiger partial charge in [-0.05, 0) is 109 Å². The third-order valence-electron chi connectivity index (χ3n) is 12.7. The van der Waals surface area contributed by atoms with Crippen molar-refractivity contribution in [3.63, 3.8) is 0 Å². The first-order chi connectivity index (χ1) is 34.0. The normalized spacial score (nSPS) is 12.6. The molecular weight excluding hydrogens is 853 g/mol. The van der Waals surface area contributed by atoms with Crippen LogP contribution in [-0.2, 0) is 28.6 Å². The average molecular weight is 964 g/mol. The van der Waals surface area contributed by atoms with Gasteiger partial charge in [-0.25, -0.2) is 0 Å². The summed E-state index contributed by atoms with van der Waals surface area (Å²) in [6, 6.07) is 0. The zero-order valence-electron chi connectivity index (χ0n) is 45.6. The highest BCUT2D eigenvalue weighted by Crippen LogP contribution is 2.15. The molecule has 0 fully saturated rings. The molecule has 0 saturated heterocycles. The molecule has 0 radical (unpaired) electrons. The van der Waals surface area contributed by atoms with E-state index in [9.17, 15) is 14.4 Å². The minimum Gasteiger partial charge on any atom is -0.462 e. The third-order valence-corrected chi connectivity index (χ3v) is 12.7. The number of hydrogen-bond acceptors (Lipinski definition) is 6. The smallest absolute Gasteiger partial charge is 0.306 e. The average Bonchev–Trinajstić information content (AvgIpc) is 3.35. The van der Waals surface area contributed by atoms with Crippen LogP contribution in [0.15, 0.2) is 72.9 Å². The Kier molecular flexibility index (Phi) is 54.8. The number of allylic oxidation sites excluding steroid dienone is 12. The highest BCUT2D eigenvalue weighted by atomic mass is 16.6. The van der Waals surface area contributed by atoms with E-state index in [0.717, 1.165) is 96.3 Å². The number of carbonyl (C=O) groups is 3. The SMILES string of the molecule is CC/C=C\C/C=C\C/C=C\CCCCCCCCCC(=O)OC(COC(=O)CCCCCCC/C=C\CCCCCC)COC(=O)CCCCCCCCCCC/C=C\C/C=C\CCCCCCC. The van der Waals surface area contributed by atoms with E-state index < -0.39 is 6.10 Å². The van der Waals surface area contributed by atoms with Crippen LogP contribution in [-0.4, -0.2) is 37.2 Å². The summed E-state index contributed by atoms with van der Waals surface area (Å²) in [5.74, 6) is -0.898. The highest BCUT2D eigenvalue weighted by molar-refractivity contribution is 5.71. The first kappa shape index (κ1) is 65.8. The Labute approximate surface area is 427 Å². The summed E-state index contributed by atoms with van der Waals surface area (Å²) in [6.07, 6.45) is 73.2. The van der Waals surface area contributed by atoms with Crippen LogP contribution in [0.5, 0.6) is 0 Å². The maximum Gasteiger partial charge on any atom is 0.306 e. The number of hydrogen-bond donors (Lipinski definition) is 0. The van der Waals surface area contributed by atoms with Gasteiger partial charge in [-0.1, -0.05) is 235 Å². The fourth-order valence-electron chi connectivity index (χ4n) is 8.25. The summed E-state index contributed by atoms with van der Waals surface area (Å²) in [6.45, 7) is 6.51. The van der Waals surface area contributed by atoms with Crippen molar-refractivity contribution in [1.82, 2.24) is 0 Å². The van der Waals surface area contributed by atoms with Gasteiger partial charge >= 0.3 is 17.9 Å². The summed E-state index contributed by atoms with van der Waals surface area (Å²) in [5, 5.41) is 0. The Morgan fingerprint density at radius 3 is 0.913 bits per heavy atom. The number of rotatable bonds is 53. The molecule has 0 spiro atoms. The molecule has 0 aliphatic rings. The van der Waals surface area contributed by atoms with Gasteiger partial charge in [0.25, 0.3) is 0 Å². The van der Waals surface area contributed by atoms with Gasteiger partial charge < -0.3 is 14.2 Å². The van der Waals surface area contributed by atoms with E-state index in [1.165, 1.54) is 154 Å². The van der Waals surface area contributed by atoms with E-state index in [0.29, 0.717) is 19.3 Å². The van der Waals surface area contributed by atoms with Crippen molar-refractivity contribution < 1.29 is 28.6 Å². The number of esters is 3. The van der Waals surface area contributed by atoms with Crippen molar-refractivity contribution in [3.05, 3.63) is 72.9 Å². The van der Waals surface area contributed by atoms with Crippen molar-refractivity contribution in [3.8, 4) is 0 Å². The molecule has 69 heavy (non-hydrogen) atoms. The van der Waals surface area contributed by atoms with Crippen LogP contribution in [0.25, 0.3) is 0 Å². The van der Waals surface area contributed by atoms with Crippen LogP contribution in [0.2, 0.25) is 0 Å². The second kappa shape index (κ2) is 57.4. The number of ether oxygens (including phenoxy) is 3. The minimum atomic E-state index is -0.786. The van der Waals surface area contributed by atoms with Gasteiger partial charge in [0, 0.05) is 19.3 Å². The predicted octanol–water partition coefficient (Wildman–Crippen LogP) is 19.8. The number of carbonyl (C=O) groups excluding carboxylic acids is 3. The molecule has 0 aromatic carbocycles. The molecule has 0 amide bonds. The van der Waals surface area contributed by atoms with Gasteiger partial charge in [-0.15, -0.1) is 0 Å². The molecule has 0 aromatic heterocycles. The van der Waals surface area contributed by atoms with Crippen molar-refractivity contribution in [2.45, 2.75) is 297 Å². The van der Waals surface area contributed by atoms with Crippen LogP contribution in [0, 0.1) is 0 Å². The molecule has 1 unspecified atom stereocenters. The predicted molar refractivity (Wildman–Crippen MR) is 298 cm³/mol. The van der Waals surface area contributed by atoms with E-state index in [-0.39, 0.29) is 31.1 Å². The molecule has 1 atom stereocenters. The molecule has 0 aliphatic heterocycles. The highest BCUT2D eigenvalue weighted by Gasteiger charge is 2.19. The van der Waals surface area contributed by atoms with Crippen LogP contribution >= 0.6 is 0 Å². The Balaban J connectivity index is 4.36. The molecule has 0 saturated carbocycles. The van der Waals surface area contributed by atoms with E-state index in [2.05, 4.69) is 93.7 Å². The summed E-state index contributed by atoms with van der Waals surface area (Å²) >= 11 is 0. The zero-order chi connectivity index (χ0) is 50.0. The molecule has 6 nitrogen and oxygen atoms in total. The lowest BCUT2D eigenvalue weighted by atomic mass is 10.1. The second-order valence-corrected chi connectivity index (χ2v) is 19.5. The van der Waals surface area contributed by atoms with Gasteiger partial charge in [0.2, 0.25) is 0 Å². The lowest BCUT2D eigenvalue weighted by Crippen LogP contribution is -2.30. The largest absolute Gasteiger partial charge is 0.462 e. The van der Waals surface area contributed by atoms with Crippen LogP contribution in [0.1, 0.15) is 290 Å². The van der Waals surface area contributed by atoms with E-state index in [1.807, 2.05) is 0 Å². The Bertz CT molecular complexity index is 1290. The quantitative estimate of drug-likeness (QED) is 0.0262. The summed E-state index contributed by atoms with van der Waals surface area (Å²) in [4.78, 5) is 38.2. The summed E-state index contributed by atoms with van der Waals surface area (Å²) in [5.41, 5.74) is 0. The number of unbranched alkanes of at least 4 members (excludes halogenated alkanes) is 30. The molecule has 0 bridgehead atoms. The van der Waals surface area contributed by atoms with Crippen molar-refractivity contribution in [1.29, 1.82) is 0 Å². The lowest BCUT2D eigenvalue weighted by molar-refractivity contribution is -0.167. The summed E-state index contributed by atoms with van der Waals surface area (Å²) < 4.78 is 16.9. The standard InChI is InChI=1S/C63H110O6/c1-4-7-10-13-16-19-22-25-27-29-30-31-32-34-35-38-41-44-47-50-53-56-62(65)68-59-60(58-67-61(64)55-52-49-46-43-40-37-24-21-18-15-12-9-6-3)69-63(66)57-54-51-48-45-42-39-36-33-28-26-23-20-17-14-11-8-5-2/h8,11,17,20-22,24-26,28-30,60H,4-7,9-10,12-16,18-19,23,27,31-59H2,1-3H3/b11-8-,20-17-,24-21-,25-22-,28-26-,30-29-. The molecule has 0 N–H and O–H groups in total. The fourth-order valence-corrected chi connectivity index (χ4v) is 8.25. The fraction of sp³-hybridized carbons (Fsp3) is 0.762. The molecular formula is C63H110O6.